The third kappa shape index (κ3) is 6.89. The summed E-state index contributed by atoms with van der Waals surface area (Å²) in [6.45, 7) is 4.87. The number of halogens is 1. The first-order chi connectivity index (χ1) is 5.70. The van der Waals surface area contributed by atoms with Crippen LogP contribution >= 0.6 is 11.6 Å². The normalized spacial score (nSPS) is 13.8. The molecule has 0 aliphatic carbocycles. The van der Waals surface area contributed by atoms with Crippen molar-refractivity contribution < 1.29 is 4.74 Å². The van der Waals surface area contributed by atoms with Gasteiger partial charge in [-0.3, -0.25) is 0 Å². The smallest absolute Gasteiger partial charge is 0.0696 e. The van der Waals surface area contributed by atoms with E-state index in [-0.39, 0.29) is 5.38 Å². The molecule has 0 heterocycles. The van der Waals surface area contributed by atoms with Crippen molar-refractivity contribution in [3.63, 3.8) is 0 Å². The van der Waals surface area contributed by atoms with Crippen LogP contribution in [-0.2, 0) is 4.74 Å². The van der Waals surface area contributed by atoms with Crippen molar-refractivity contribution in [2.45, 2.75) is 25.1 Å². The van der Waals surface area contributed by atoms with E-state index in [4.69, 9.17) is 16.3 Å². The zero-order valence-electron chi connectivity index (χ0n) is 8.35. The van der Waals surface area contributed by atoms with E-state index in [1.807, 2.05) is 0 Å². The van der Waals surface area contributed by atoms with Gasteiger partial charge in [-0.15, -0.1) is 11.6 Å². The monoisotopic (exact) mass is 193 g/mol. The number of nitrogens with zero attached hydrogens (tertiary/aromatic N) is 1. The lowest BCUT2D eigenvalue weighted by atomic mass is 10.3. The molecule has 0 radical (unpaired) electrons. The summed E-state index contributed by atoms with van der Waals surface area (Å²) >= 11 is 5.99. The molecule has 0 aromatic heterocycles. The Labute approximate surface area is 80.8 Å². The maximum atomic E-state index is 5.99. The molecule has 0 rings (SSSR count). The predicted octanol–water partition coefficient (Wildman–Crippen LogP) is 1.97. The van der Waals surface area contributed by atoms with Gasteiger partial charge in [0.1, 0.15) is 0 Å². The lowest BCUT2D eigenvalue weighted by molar-refractivity contribution is 0.182. The summed E-state index contributed by atoms with van der Waals surface area (Å²) in [5, 5.41) is 0.122. The van der Waals surface area contributed by atoms with Gasteiger partial charge in [-0.25, -0.2) is 0 Å². The summed E-state index contributed by atoms with van der Waals surface area (Å²) in [4.78, 5) is 2.25. The average molecular weight is 194 g/mol. The third-order valence-corrected chi connectivity index (χ3v) is 2.01. The molecule has 0 amide bonds. The summed E-state index contributed by atoms with van der Waals surface area (Å²) in [5.74, 6) is 0. The van der Waals surface area contributed by atoms with Gasteiger partial charge < -0.3 is 9.64 Å². The highest BCUT2D eigenvalue weighted by molar-refractivity contribution is 6.20. The molecule has 0 N–H and O–H groups in total. The van der Waals surface area contributed by atoms with E-state index in [9.17, 15) is 0 Å². The Kier molecular flexibility index (Phi) is 7.98. The van der Waals surface area contributed by atoms with Crippen molar-refractivity contribution in [3.8, 4) is 0 Å². The van der Waals surface area contributed by atoms with Gasteiger partial charge in [-0.2, -0.15) is 0 Å². The molecular formula is C9H20ClNO. The average Bonchev–Trinajstić information content (AvgIpc) is 2.01. The van der Waals surface area contributed by atoms with Crippen molar-refractivity contribution in [2.24, 2.45) is 0 Å². The molecule has 0 aliphatic rings. The molecule has 74 valence electrons. The Balaban J connectivity index is 3.33. The molecule has 1 atom stereocenters. The summed E-state index contributed by atoms with van der Waals surface area (Å²) in [6.07, 6.45) is 2.48. The van der Waals surface area contributed by atoms with Gasteiger partial charge in [0.05, 0.1) is 12.0 Å². The first-order valence-corrected chi connectivity index (χ1v) is 4.95. The van der Waals surface area contributed by atoms with Gasteiger partial charge in [0.25, 0.3) is 0 Å². The number of alkyl halides is 1. The summed E-state index contributed by atoms with van der Waals surface area (Å²) < 4.78 is 4.95. The molecular weight excluding hydrogens is 174 g/mol. The van der Waals surface area contributed by atoms with E-state index in [1.54, 1.807) is 7.11 Å². The highest BCUT2D eigenvalue weighted by atomic mass is 35.5. The van der Waals surface area contributed by atoms with Crippen molar-refractivity contribution in [2.75, 3.05) is 33.9 Å². The van der Waals surface area contributed by atoms with E-state index in [0.717, 1.165) is 13.1 Å². The van der Waals surface area contributed by atoms with Crippen LogP contribution in [0.5, 0.6) is 0 Å². The third-order valence-electron chi connectivity index (χ3n) is 1.75. The molecule has 3 heteroatoms. The zero-order chi connectivity index (χ0) is 9.40. The maximum Gasteiger partial charge on any atom is 0.0696 e. The van der Waals surface area contributed by atoms with Crippen molar-refractivity contribution in [3.05, 3.63) is 0 Å². The first kappa shape index (κ1) is 12.2. The van der Waals surface area contributed by atoms with Crippen LogP contribution in [0.2, 0.25) is 0 Å². The van der Waals surface area contributed by atoms with Crippen LogP contribution in [0.15, 0.2) is 0 Å². The van der Waals surface area contributed by atoms with Gasteiger partial charge in [0.2, 0.25) is 0 Å². The fourth-order valence-electron chi connectivity index (χ4n) is 1.09. The SMILES string of the molecule is CCCCN(C)CC(Cl)COC. The molecule has 12 heavy (non-hydrogen) atoms. The molecule has 0 aromatic carbocycles. The Morgan fingerprint density at radius 1 is 1.50 bits per heavy atom. The van der Waals surface area contributed by atoms with E-state index in [2.05, 4.69) is 18.9 Å². The van der Waals surface area contributed by atoms with Crippen molar-refractivity contribution >= 4 is 11.6 Å². The number of hydrogen-bond acceptors (Lipinski definition) is 2. The minimum absolute atomic E-state index is 0.122. The molecule has 1 unspecified atom stereocenters. The minimum atomic E-state index is 0.122. The van der Waals surface area contributed by atoms with Crippen molar-refractivity contribution in [1.29, 1.82) is 0 Å². The first-order valence-electron chi connectivity index (χ1n) is 4.52. The Morgan fingerprint density at radius 3 is 2.67 bits per heavy atom. The number of rotatable bonds is 7. The number of hydrogen-bond donors (Lipinski definition) is 0. The Morgan fingerprint density at radius 2 is 2.17 bits per heavy atom. The van der Waals surface area contributed by atoms with Crippen molar-refractivity contribution in [1.82, 2.24) is 4.90 Å². The number of unbranched alkanes of at least 4 members (excludes halogenated alkanes) is 1. The largest absolute Gasteiger partial charge is 0.383 e. The highest BCUT2D eigenvalue weighted by Crippen LogP contribution is 2.00. The topological polar surface area (TPSA) is 12.5 Å². The molecule has 0 aromatic rings. The number of ether oxygens (including phenoxy) is 1. The van der Waals surface area contributed by atoms with E-state index in [0.29, 0.717) is 6.61 Å². The van der Waals surface area contributed by atoms with Crippen LogP contribution in [-0.4, -0.2) is 44.1 Å². The van der Waals surface area contributed by atoms with Crippen LogP contribution in [0.25, 0.3) is 0 Å². The van der Waals surface area contributed by atoms with E-state index >= 15 is 0 Å². The fraction of sp³-hybridized carbons (Fsp3) is 1.00. The van der Waals surface area contributed by atoms with Gasteiger partial charge in [-0.1, -0.05) is 13.3 Å². The minimum Gasteiger partial charge on any atom is -0.383 e. The van der Waals surface area contributed by atoms with Gasteiger partial charge >= 0.3 is 0 Å². The quantitative estimate of drug-likeness (QED) is 0.574. The highest BCUT2D eigenvalue weighted by Gasteiger charge is 2.06. The van der Waals surface area contributed by atoms with Crippen LogP contribution in [0.1, 0.15) is 19.8 Å². The Bertz CT molecular complexity index is 101. The summed E-state index contributed by atoms with van der Waals surface area (Å²) in [7, 11) is 3.78. The van der Waals surface area contributed by atoms with Gasteiger partial charge in [-0.05, 0) is 20.0 Å². The second kappa shape index (κ2) is 7.84. The molecule has 0 saturated carbocycles. The lowest BCUT2D eigenvalue weighted by Crippen LogP contribution is -2.29. The molecule has 0 bridgehead atoms. The Hall–Kier alpha value is 0.210. The van der Waals surface area contributed by atoms with E-state index < -0.39 is 0 Å². The van der Waals surface area contributed by atoms with E-state index in [1.165, 1.54) is 12.8 Å². The second-order valence-electron chi connectivity index (χ2n) is 3.17. The summed E-state index contributed by atoms with van der Waals surface area (Å²) in [5.41, 5.74) is 0. The molecule has 0 fully saturated rings. The van der Waals surface area contributed by atoms with Gasteiger partial charge in [0.15, 0.2) is 0 Å². The number of methoxy groups -OCH3 is 1. The molecule has 2 nitrogen and oxygen atoms in total. The maximum absolute atomic E-state index is 5.99. The molecule has 0 spiro atoms. The molecule has 0 saturated heterocycles. The lowest BCUT2D eigenvalue weighted by Gasteiger charge is -2.18. The van der Waals surface area contributed by atoms with Crippen LogP contribution in [0.4, 0.5) is 0 Å². The zero-order valence-corrected chi connectivity index (χ0v) is 9.10. The van der Waals surface area contributed by atoms with Crippen LogP contribution < -0.4 is 0 Å². The fourth-order valence-corrected chi connectivity index (χ4v) is 1.45. The molecule has 0 aliphatic heterocycles. The standard InChI is InChI=1S/C9H20ClNO/c1-4-5-6-11(2)7-9(10)8-12-3/h9H,4-8H2,1-3H3. The predicted molar refractivity (Wildman–Crippen MR) is 53.9 cm³/mol. The van der Waals surface area contributed by atoms with Crippen LogP contribution in [0.3, 0.4) is 0 Å². The van der Waals surface area contributed by atoms with Crippen LogP contribution in [0, 0.1) is 0 Å². The summed E-state index contributed by atoms with van der Waals surface area (Å²) in [6, 6.07) is 0. The van der Waals surface area contributed by atoms with Gasteiger partial charge in [0, 0.05) is 13.7 Å². The second-order valence-corrected chi connectivity index (χ2v) is 3.79.